The molecule has 8 rings (SSSR count). The molecule has 3 heterocycles. The molecule has 4 nitrogen and oxygen atoms in total. The molecule has 0 aliphatic rings. The van der Waals surface area contributed by atoms with E-state index in [0.29, 0.717) is 0 Å². The summed E-state index contributed by atoms with van der Waals surface area (Å²) in [6.07, 6.45) is 7.37. The summed E-state index contributed by atoms with van der Waals surface area (Å²) < 4.78 is 0. The molecule has 0 radical (unpaired) electrons. The summed E-state index contributed by atoms with van der Waals surface area (Å²) in [5, 5.41) is 0. The first-order valence-electron chi connectivity index (χ1n) is 15.7. The van der Waals surface area contributed by atoms with E-state index in [-0.39, 0.29) is 0 Å². The van der Waals surface area contributed by atoms with Crippen LogP contribution in [0.5, 0.6) is 0 Å². The number of fused-ring (bicyclic) bond motifs is 1. The normalized spacial score (nSPS) is 11.1. The van der Waals surface area contributed by atoms with Crippen molar-refractivity contribution in [3.63, 3.8) is 0 Å². The Morgan fingerprint density at radius 3 is 1.32 bits per heavy atom. The zero-order valence-electron chi connectivity index (χ0n) is 25.9. The molecule has 0 aliphatic heterocycles. The lowest BCUT2D eigenvalue weighted by Gasteiger charge is -2.18. The van der Waals surface area contributed by atoms with E-state index in [2.05, 4.69) is 132 Å². The first-order valence-corrected chi connectivity index (χ1v) is 15.7. The van der Waals surface area contributed by atoms with Gasteiger partial charge in [0.15, 0.2) is 0 Å². The standard InChI is InChI=1S/C43H30N4/c1-29-26-38(32-10-4-2-5-11-32)42-43(39(29)33-12-6-3-7-13-33)47-41(35-22-18-31(19-23-35)37-15-9-25-45-28-37)40(46-42)34-20-16-30(17-21-34)36-14-8-24-44-27-36/h2-28H,1H3. The fraction of sp³-hybridized carbons (Fsp3) is 0.0233. The van der Waals surface area contributed by atoms with E-state index >= 15 is 0 Å². The molecule has 5 aromatic carbocycles. The van der Waals surface area contributed by atoms with E-state index in [0.717, 1.165) is 83.6 Å². The number of hydrogen-bond donors (Lipinski definition) is 0. The molecule has 0 atom stereocenters. The van der Waals surface area contributed by atoms with Crippen molar-refractivity contribution in [2.75, 3.05) is 0 Å². The quantitative estimate of drug-likeness (QED) is 0.190. The average molecular weight is 603 g/mol. The van der Waals surface area contributed by atoms with Crippen molar-refractivity contribution in [3.8, 4) is 67.0 Å². The molecule has 0 N–H and O–H groups in total. The Bertz CT molecular complexity index is 2300. The SMILES string of the molecule is Cc1cc(-c2ccccc2)c2nc(-c3ccc(-c4cccnc4)cc3)c(-c3ccc(-c4cccnc4)cc3)nc2c1-c1ccccc1. The molecular weight excluding hydrogens is 573 g/mol. The second kappa shape index (κ2) is 12.3. The second-order valence-corrected chi connectivity index (χ2v) is 11.6. The minimum Gasteiger partial charge on any atom is -0.264 e. The number of rotatable bonds is 6. The van der Waals surface area contributed by atoms with Gasteiger partial charge in [0.05, 0.1) is 22.4 Å². The summed E-state index contributed by atoms with van der Waals surface area (Å²) in [7, 11) is 0. The Morgan fingerprint density at radius 1 is 0.383 bits per heavy atom. The number of aryl methyl sites for hydroxylation is 1. The van der Waals surface area contributed by atoms with Crippen LogP contribution in [-0.4, -0.2) is 19.9 Å². The lowest BCUT2D eigenvalue weighted by atomic mass is 9.92. The molecule has 3 aromatic heterocycles. The van der Waals surface area contributed by atoms with Gasteiger partial charge in [-0.1, -0.05) is 121 Å². The second-order valence-electron chi connectivity index (χ2n) is 11.6. The number of pyridine rings is 2. The fourth-order valence-electron chi connectivity index (χ4n) is 6.26. The van der Waals surface area contributed by atoms with E-state index in [4.69, 9.17) is 9.97 Å². The van der Waals surface area contributed by atoms with Gasteiger partial charge in [-0.2, -0.15) is 0 Å². The number of nitrogens with zero attached hydrogens (tertiary/aromatic N) is 4. The van der Waals surface area contributed by atoms with Gasteiger partial charge in [0.1, 0.15) is 0 Å². The maximum absolute atomic E-state index is 5.54. The highest BCUT2D eigenvalue weighted by molar-refractivity contribution is 6.04. The van der Waals surface area contributed by atoms with Crippen LogP contribution in [0.15, 0.2) is 164 Å². The predicted octanol–water partition coefficient (Wildman–Crippen LogP) is 10.7. The summed E-state index contributed by atoms with van der Waals surface area (Å²) >= 11 is 0. The first-order chi connectivity index (χ1) is 23.2. The van der Waals surface area contributed by atoms with Gasteiger partial charge in [0.25, 0.3) is 0 Å². The summed E-state index contributed by atoms with van der Waals surface area (Å²) in [5.41, 5.74) is 15.3. The Kier molecular flexibility index (Phi) is 7.37. The Labute approximate surface area is 274 Å². The Hall–Kier alpha value is -6.26. The molecule has 222 valence electrons. The third kappa shape index (κ3) is 5.47. The fourth-order valence-corrected chi connectivity index (χ4v) is 6.26. The van der Waals surface area contributed by atoms with Crippen LogP contribution < -0.4 is 0 Å². The third-order valence-electron chi connectivity index (χ3n) is 8.60. The Balaban J connectivity index is 1.39. The smallest absolute Gasteiger partial charge is 0.0982 e. The average Bonchev–Trinajstić information content (AvgIpc) is 3.15. The van der Waals surface area contributed by atoms with Gasteiger partial charge < -0.3 is 0 Å². The van der Waals surface area contributed by atoms with Crippen LogP contribution in [0.1, 0.15) is 5.56 Å². The van der Waals surface area contributed by atoms with E-state index in [9.17, 15) is 0 Å². The van der Waals surface area contributed by atoms with Gasteiger partial charge in [-0.25, -0.2) is 9.97 Å². The molecular formula is C43H30N4. The lowest BCUT2D eigenvalue weighted by Crippen LogP contribution is -2.00. The highest BCUT2D eigenvalue weighted by atomic mass is 14.8. The van der Waals surface area contributed by atoms with Gasteiger partial charge in [-0.3, -0.25) is 9.97 Å². The van der Waals surface area contributed by atoms with Crippen LogP contribution in [0, 0.1) is 6.92 Å². The molecule has 0 saturated heterocycles. The molecule has 0 saturated carbocycles. The summed E-state index contributed by atoms with van der Waals surface area (Å²) in [4.78, 5) is 19.7. The minimum absolute atomic E-state index is 0.837. The zero-order valence-corrected chi connectivity index (χ0v) is 25.9. The molecule has 0 bridgehead atoms. The van der Waals surface area contributed by atoms with Crippen molar-refractivity contribution in [2.45, 2.75) is 6.92 Å². The third-order valence-corrected chi connectivity index (χ3v) is 8.60. The van der Waals surface area contributed by atoms with E-state index < -0.39 is 0 Å². The van der Waals surface area contributed by atoms with Crippen molar-refractivity contribution in [2.24, 2.45) is 0 Å². The zero-order chi connectivity index (χ0) is 31.6. The molecule has 0 amide bonds. The van der Waals surface area contributed by atoms with E-state index in [1.807, 2.05) is 36.7 Å². The van der Waals surface area contributed by atoms with Gasteiger partial charge >= 0.3 is 0 Å². The van der Waals surface area contributed by atoms with Crippen LogP contribution in [0.3, 0.4) is 0 Å². The molecule has 8 aromatic rings. The van der Waals surface area contributed by atoms with Crippen LogP contribution in [0.4, 0.5) is 0 Å². The molecule has 0 unspecified atom stereocenters. The van der Waals surface area contributed by atoms with Crippen LogP contribution >= 0.6 is 0 Å². The highest BCUT2D eigenvalue weighted by Crippen LogP contribution is 2.41. The van der Waals surface area contributed by atoms with E-state index in [1.54, 1.807) is 12.4 Å². The van der Waals surface area contributed by atoms with Gasteiger partial charge in [-0.15, -0.1) is 0 Å². The van der Waals surface area contributed by atoms with Crippen molar-refractivity contribution in [1.29, 1.82) is 0 Å². The van der Waals surface area contributed by atoms with Gasteiger partial charge in [0.2, 0.25) is 0 Å². The topological polar surface area (TPSA) is 51.6 Å². The molecule has 47 heavy (non-hydrogen) atoms. The first kappa shape index (κ1) is 28.2. The number of aromatic nitrogens is 4. The highest BCUT2D eigenvalue weighted by Gasteiger charge is 2.21. The van der Waals surface area contributed by atoms with Crippen LogP contribution in [-0.2, 0) is 0 Å². The molecule has 4 heteroatoms. The molecule has 0 aliphatic carbocycles. The van der Waals surface area contributed by atoms with Crippen LogP contribution in [0.2, 0.25) is 0 Å². The summed E-state index contributed by atoms with van der Waals surface area (Å²) in [5.74, 6) is 0. The number of hydrogen-bond acceptors (Lipinski definition) is 4. The maximum atomic E-state index is 5.54. The van der Waals surface area contributed by atoms with Crippen LogP contribution in [0.25, 0.3) is 78.1 Å². The Morgan fingerprint density at radius 2 is 0.830 bits per heavy atom. The summed E-state index contributed by atoms with van der Waals surface area (Å²) in [6, 6.07) is 48.4. The molecule has 0 spiro atoms. The lowest BCUT2D eigenvalue weighted by molar-refractivity contribution is 1.28. The van der Waals surface area contributed by atoms with Crippen molar-refractivity contribution in [1.82, 2.24) is 19.9 Å². The summed E-state index contributed by atoms with van der Waals surface area (Å²) in [6.45, 7) is 2.17. The van der Waals surface area contributed by atoms with Gasteiger partial charge in [-0.05, 0) is 64.1 Å². The van der Waals surface area contributed by atoms with Gasteiger partial charge in [0, 0.05) is 47.0 Å². The molecule has 0 fully saturated rings. The largest absolute Gasteiger partial charge is 0.264 e. The monoisotopic (exact) mass is 602 g/mol. The van der Waals surface area contributed by atoms with Crippen molar-refractivity contribution in [3.05, 3.63) is 170 Å². The van der Waals surface area contributed by atoms with Crippen molar-refractivity contribution >= 4 is 11.0 Å². The maximum Gasteiger partial charge on any atom is 0.0982 e. The van der Waals surface area contributed by atoms with E-state index in [1.165, 1.54) is 0 Å². The van der Waals surface area contributed by atoms with Crippen molar-refractivity contribution < 1.29 is 0 Å². The predicted molar refractivity (Wildman–Crippen MR) is 192 cm³/mol. The number of benzene rings is 5. The minimum atomic E-state index is 0.837.